The van der Waals surface area contributed by atoms with Crippen LogP contribution >= 0.6 is 0 Å². The number of carbonyl (C=O) groups excluding carboxylic acids is 1. The van der Waals surface area contributed by atoms with Gasteiger partial charge in [0.15, 0.2) is 0 Å². The number of H-pyrrole nitrogens is 1. The minimum absolute atomic E-state index is 0.0516. The van der Waals surface area contributed by atoms with Crippen LogP contribution in [0.2, 0.25) is 0 Å². The van der Waals surface area contributed by atoms with Gasteiger partial charge in [-0.15, -0.1) is 0 Å². The lowest BCUT2D eigenvalue weighted by atomic mass is 10.1. The smallest absolute Gasteiger partial charge is 0.224 e. The molecule has 0 fully saturated rings. The highest BCUT2D eigenvalue weighted by molar-refractivity contribution is 5.92. The summed E-state index contributed by atoms with van der Waals surface area (Å²) in [5.41, 5.74) is 8.41. The third kappa shape index (κ3) is 2.91. The molecule has 1 aliphatic carbocycles. The minimum Gasteiger partial charge on any atom is -0.361 e. The molecule has 2 N–H and O–H groups in total. The van der Waals surface area contributed by atoms with E-state index in [1.165, 1.54) is 33.2 Å². The van der Waals surface area contributed by atoms with Crippen LogP contribution in [0.15, 0.2) is 72.9 Å². The topological polar surface area (TPSA) is 44.9 Å². The van der Waals surface area contributed by atoms with E-state index in [1.807, 2.05) is 24.4 Å². The third-order valence-electron chi connectivity index (χ3n) is 5.37. The molecule has 132 valence electrons. The van der Waals surface area contributed by atoms with Gasteiger partial charge in [-0.05, 0) is 58.9 Å². The summed E-state index contributed by atoms with van der Waals surface area (Å²) in [6.45, 7) is 0. The van der Waals surface area contributed by atoms with E-state index in [0.717, 1.165) is 24.0 Å². The van der Waals surface area contributed by atoms with E-state index in [-0.39, 0.29) is 5.91 Å². The fourth-order valence-corrected chi connectivity index (χ4v) is 4.03. The predicted octanol–water partition coefficient (Wildman–Crippen LogP) is 5.31. The van der Waals surface area contributed by atoms with Gasteiger partial charge in [0.05, 0.1) is 0 Å². The van der Waals surface area contributed by atoms with Crippen LogP contribution in [0, 0.1) is 0 Å². The quantitative estimate of drug-likeness (QED) is 0.452. The summed E-state index contributed by atoms with van der Waals surface area (Å²) < 4.78 is 0. The first kappa shape index (κ1) is 15.9. The largest absolute Gasteiger partial charge is 0.361 e. The number of hydrogen-bond donors (Lipinski definition) is 2. The number of fused-ring (bicyclic) bond motifs is 4. The van der Waals surface area contributed by atoms with Gasteiger partial charge in [-0.1, -0.05) is 48.5 Å². The Kier molecular flexibility index (Phi) is 3.79. The van der Waals surface area contributed by atoms with Crippen LogP contribution in [0.5, 0.6) is 0 Å². The maximum atomic E-state index is 12.4. The van der Waals surface area contributed by atoms with Crippen LogP contribution in [0.1, 0.15) is 23.1 Å². The van der Waals surface area contributed by atoms with Crippen molar-refractivity contribution in [2.45, 2.75) is 19.3 Å². The number of para-hydroxylation sites is 1. The van der Waals surface area contributed by atoms with E-state index in [1.54, 1.807) is 0 Å². The zero-order valence-electron chi connectivity index (χ0n) is 15.0. The van der Waals surface area contributed by atoms with Gasteiger partial charge in [0.25, 0.3) is 0 Å². The molecule has 0 saturated heterocycles. The Morgan fingerprint density at radius 1 is 0.926 bits per heavy atom. The summed E-state index contributed by atoms with van der Waals surface area (Å²) in [7, 11) is 0. The second-order valence-corrected chi connectivity index (χ2v) is 7.11. The molecule has 27 heavy (non-hydrogen) atoms. The van der Waals surface area contributed by atoms with Crippen molar-refractivity contribution in [3.05, 3.63) is 89.6 Å². The van der Waals surface area contributed by atoms with Crippen molar-refractivity contribution in [1.29, 1.82) is 0 Å². The average molecular weight is 352 g/mol. The highest BCUT2D eigenvalue weighted by Gasteiger charge is 2.18. The number of carbonyl (C=O) groups is 1. The van der Waals surface area contributed by atoms with E-state index in [4.69, 9.17) is 0 Å². The van der Waals surface area contributed by atoms with Crippen LogP contribution in [-0.4, -0.2) is 10.9 Å². The summed E-state index contributed by atoms with van der Waals surface area (Å²) >= 11 is 0. The van der Waals surface area contributed by atoms with Gasteiger partial charge < -0.3 is 10.3 Å². The molecule has 3 nitrogen and oxygen atoms in total. The van der Waals surface area contributed by atoms with Gasteiger partial charge in [-0.3, -0.25) is 4.79 Å². The number of aryl methyl sites for hydroxylation is 1. The Morgan fingerprint density at radius 2 is 1.74 bits per heavy atom. The molecule has 0 spiro atoms. The molecular formula is C24H20N2O. The zero-order valence-corrected chi connectivity index (χ0v) is 15.0. The van der Waals surface area contributed by atoms with Gasteiger partial charge in [0.2, 0.25) is 5.91 Å². The van der Waals surface area contributed by atoms with E-state index in [2.05, 4.69) is 58.8 Å². The third-order valence-corrected chi connectivity index (χ3v) is 5.37. The molecule has 0 saturated carbocycles. The van der Waals surface area contributed by atoms with Crippen molar-refractivity contribution < 1.29 is 4.79 Å². The number of rotatable bonds is 4. The Bertz CT molecular complexity index is 1160. The van der Waals surface area contributed by atoms with Gasteiger partial charge in [-0.2, -0.15) is 0 Å². The molecule has 0 bridgehead atoms. The first-order valence-electron chi connectivity index (χ1n) is 9.34. The molecule has 1 aromatic heterocycles. The summed E-state index contributed by atoms with van der Waals surface area (Å²) in [6, 6.07) is 22.9. The second kappa shape index (κ2) is 6.44. The maximum absolute atomic E-state index is 12.4. The van der Waals surface area contributed by atoms with E-state index >= 15 is 0 Å². The highest BCUT2D eigenvalue weighted by atomic mass is 16.1. The zero-order chi connectivity index (χ0) is 18.2. The van der Waals surface area contributed by atoms with Gasteiger partial charge in [-0.25, -0.2) is 0 Å². The molecule has 5 rings (SSSR count). The normalized spacial score (nSPS) is 12.0. The molecule has 0 radical (unpaired) electrons. The molecule has 0 atom stereocenters. The van der Waals surface area contributed by atoms with Crippen molar-refractivity contribution in [1.82, 2.24) is 4.98 Å². The molecular weight excluding hydrogens is 332 g/mol. The van der Waals surface area contributed by atoms with Gasteiger partial charge >= 0.3 is 0 Å². The van der Waals surface area contributed by atoms with Crippen molar-refractivity contribution in [2.75, 3.05) is 5.32 Å². The fourth-order valence-electron chi connectivity index (χ4n) is 4.03. The monoisotopic (exact) mass is 352 g/mol. The summed E-state index contributed by atoms with van der Waals surface area (Å²) in [4.78, 5) is 15.7. The Morgan fingerprint density at radius 3 is 2.70 bits per heavy atom. The number of aromatic nitrogens is 1. The van der Waals surface area contributed by atoms with Crippen LogP contribution in [0.3, 0.4) is 0 Å². The lowest BCUT2D eigenvalue weighted by Gasteiger charge is -2.08. The fraction of sp³-hybridized carbons (Fsp3) is 0.125. The number of benzene rings is 3. The van der Waals surface area contributed by atoms with Crippen LogP contribution in [-0.2, 0) is 17.6 Å². The van der Waals surface area contributed by atoms with Crippen LogP contribution in [0.25, 0.3) is 22.0 Å². The molecule has 3 aromatic carbocycles. The molecule has 1 heterocycles. The molecule has 0 aliphatic heterocycles. The molecule has 4 aromatic rings. The second-order valence-electron chi connectivity index (χ2n) is 7.11. The van der Waals surface area contributed by atoms with Crippen molar-refractivity contribution >= 4 is 22.5 Å². The Hall–Kier alpha value is -3.33. The van der Waals surface area contributed by atoms with Crippen LogP contribution < -0.4 is 5.32 Å². The minimum atomic E-state index is 0.0516. The molecule has 0 unspecified atom stereocenters. The van der Waals surface area contributed by atoms with Crippen molar-refractivity contribution in [3.8, 4) is 11.1 Å². The van der Waals surface area contributed by atoms with Crippen molar-refractivity contribution in [3.63, 3.8) is 0 Å². The summed E-state index contributed by atoms with van der Waals surface area (Å²) in [5.74, 6) is 0.0516. The van der Waals surface area contributed by atoms with E-state index in [0.29, 0.717) is 6.42 Å². The lowest BCUT2D eigenvalue weighted by molar-refractivity contribution is -0.116. The molecule has 3 heteroatoms. The Labute approximate surface area is 158 Å². The number of aromatic amines is 1. The van der Waals surface area contributed by atoms with Crippen molar-refractivity contribution in [2.24, 2.45) is 0 Å². The maximum Gasteiger partial charge on any atom is 0.224 e. The number of hydrogen-bond acceptors (Lipinski definition) is 1. The van der Waals surface area contributed by atoms with Gasteiger partial charge in [0, 0.05) is 29.2 Å². The first-order chi connectivity index (χ1) is 13.3. The average Bonchev–Trinajstić information content (AvgIpc) is 3.27. The van der Waals surface area contributed by atoms with E-state index < -0.39 is 0 Å². The van der Waals surface area contributed by atoms with E-state index in [9.17, 15) is 4.79 Å². The summed E-state index contributed by atoms with van der Waals surface area (Å²) in [6.07, 6.45) is 4.14. The number of amides is 1. The van der Waals surface area contributed by atoms with Crippen LogP contribution in [0.4, 0.5) is 5.69 Å². The Balaban J connectivity index is 1.27. The first-order valence-corrected chi connectivity index (χ1v) is 9.34. The number of anilines is 1. The molecule has 1 aliphatic rings. The molecule has 1 amide bonds. The number of nitrogens with one attached hydrogen (secondary N) is 2. The lowest BCUT2D eigenvalue weighted by Crippen LogP contribution is -2.12. The predicted molar refractivity (Wildman–Crippen MR) is 110 cm³/mol. The highest BCUT2D eigenvalue weighted by Crippen LogP contribution is 2.37. The SMILES string of the molecule is O=C(CCc1c[nH]c2ccccc12)Nc1ccc2c(c1)Cc1ccccc1-2. The van der Waals surface area contributed by atoms with Gasteiger partial charge in [0.1, 0.15) is 0 Å². The summed E-state index contributed by atoms with van der Waals surface area (Å²) in [5, 5.41) is 4.25. The standard InChI is InChI=1S/C24H20N2O/c27-24(12-9-17-15-25-23-8-4-3-7-22(17)23)26-19-10-11-21-18(14-19)13-16-5-1-2-6-20(16)21/h1-8,10-11,14-15,25H,9,12-13H2,(H,26,27).